The van der Waals surface area contributed by atoms with E-state index >= 15 is 0 Å². The first-order valence-corrected chi connectivity index (χ1v) is 27.4. The summed E-state index contributed by atoms with van der Waals surface area (Å²) < 4.78 is 0. The maximum Gasteiger partial charge on any atom is 0.326 e. The van der Waals surface area contributed by atoms with Crippen LogP contribution in [0.5, 0.6) is 5.75 Å². The average molecular weight is 1210 g/mol. The van der Waals surface area contributed by atoms with Crippen molar-refractivity contribution in [3.63, 3.8) is 0 Å². The van der Waals surface area contributed by atoms with E-state index in [9.17, 15) is 72.9 Å². The number of hydrogen-bond acceptors (Lipinski definition) is 17. The SMILES string of the molecule is CC(C)C[C@H](NC(=O)[C@H](CC(=O)O)NC(=O)[C@H](CCCN=C(N)N)NC(=O)[C@H](Cc1cnc[nH]1)NC(=O)[C@@H](NC(=O)[C@@H](N)Cc1ccc(O)cc1)C(C)C)C(=O)N[C@@H](CCCN=C(N)N)C(=O)N[C@@H](C)C(=O)N[C@@H](C)C(=O)N[C@@H](CC(N)=O)C(=O)O. The molecule has 1 aromatic carbocycles. The first-order valence-electron chi connectivity index (χ1n) is 27.4. The molecule has 0 radical (unpaired) electrons. The highest BCUT2D eigenvalue weighted by atomic mass is 16.4. The number of imidazole rings is 1. The number of carboxylic acid groups (broad SMARTS) is 2. The summed E-state index contributed by atoms with van der Waals surface area (Å²) in [7, 11) is 0. The molecule has 476 valence electrons. The van der Waals surface area contributed by atoms with Crippen LogP contribution in [0.4, 0.5) is 0 Å². The molecule has 2 rings (SSSR count). The number of aliphatic carboxylic acids is 2. The van der Waals surface area contributed by atoms with E-state index in [2.05, 4.69) is 67.8 Å². The molecule has 0 fully saturated rings. The van der Waals surface area contributed by atoms with Gasteiger partial charge in [0.15, 0.2) is 11.9 Å². The van der Waals surface area contributed by atoms with E-state index in [1.54, 1.807) is 39.8 Å². The summed E-state index contributed by atoms with van der Waals surface area (Å²) in [5, 5.41) is 50.9. The van der Waals surface area contributed by atoms with Gasteiger partial charge in [-0.25, -0.2) is 9.78 Å². The van der Waals surface area contributed by atoms with Crippen LogP contribution in [-0.2, 0) is 70.4 Å². The number of carboxylic acids is 2. The number of aromatic hydroxyl groups is 1. The van der Waals surface area contributed by atoms with Gasteiger partial charge in [0.25, 0.3) is 0 Å². The normalized spacial score (nSPS) is 14.5. The third-order valence-corrected chi connectivity index (χ3v) is 12.6. The Labute approximate surface area is 495 Å². The third kappa shape index (κ3) is 27.2. The first-order chi connectivity index (χ1) is 40.3. The van der Waals surface area contributed by atoms with Gasteiger partial charge in [-0.3, -0.25) is 62.7 Å². The summed E-state index contributed by atoms with van der Waals surface area (Å²) in [6.45, 7) is 8.95. The van der Waals surface area contributed by atoms with E-state index in [-0.39, 0.29) is 81.6 Å². The van der Waals surface area contributed by atoms with Crippen molar-refractivity contribution in [2.75, 3.05) is 13.1 Å². The van der Waals surface area contributed by atoms with Gasteiger partial charge in [0, 0.05) is 31.4 Å². The second kappa shape index (κ2) is 36.2. The van der Waals surface area contributed by atoms with Crippen LogP contribution < -0.4 is 82.3 Å². The number of nitrogens with one attached hydrogen (secondary N) is 10. The lowest BCUT2D eigenvalue weighted by Gasteiger charge is -2.28. The number of nitrogens with two attached hydrogens (primary N) is 6. The minimum atomic E-state index is -1.93. The number of H-pyrrole nitrogens is 1. The molecule has 34 heteroatoms. The van der Waals surface area contributed by atoms with Crippen molar-refractivity contribution in [1.29, 1.82) is 0 Å². The van der Waals surface area contributed by atoms with E-state index in [1.165, 1.54) is 38.5 Å². The molecular formula is C52H83N19O15. The van der Waals surface area contributed by atoms with Crippen molar-refractivity contribution in [3.05, 3.63) is 48.0 Å². The molecule has 1 aromatic heterocycles. The van der Waals surface area contributed by atoms with Gasteiger partial charge in [0.2, 0.25) is 59.1 Å². The van der Waals surface area contributed by atoms with Gasteiger partial charge in [-0.2, -0.15) is 0 Å². The highest BCUT2D eigenvalue weighted by Crippen LogP contribution is 2.14. The van der Waals surface area contributed by atoms with Crippen LogP contribution in [0.3, 0.4) is 0 Å². The zero-order valence-corrected chi connectivity index (χ0v) is 48.7. The van der Waals surface area contributed by atoms with Crippen LogP contribution in [0.1, 0.15) is 97.7 Å². The molecular weight excluding hydrogens is 1130 g/mol. The van der Waals surface area contributed by atoms with Gasteiger partial charge in [-0.1, -0.05) is 39.8 Å². The molecule has 1 heterocycles. The average Bonchev–Trinajstić information content (AvgIpc) is 3.98. The molecule has 0 aliphatic heterocycles. The number of guanidine groups is 2. The molecule has 0 aliphatic carbocycles. The number of carbonyl (C=O) groups excluding carboxylic acids is 10. The number of carbonyl (C=O) groups is 12. The number of primary amides is 1. The van der Waals surface area contributed by atoms with Gasteiger partial charge in [0.1, 0.15) is 60.1 Å². The van der Waals surface area contributed by atoms with Crippen LogP contribution in [0.2, 0.25) is 0 Å². The van der Waals surface area contributed by atoms with Crippen LogP contribution >= 0.6 is 0 Å². The molecule has 0 saturated carbocycles. The molecule has 10 atom stereocenters. The van der Waals surface area contributed by atoms with E-state index in [0.29, 0.717) is 11.3 Å². The Morgan fingerprint density at radius 1 is 0.535 bits per heavy atom. The van der Waals surface area contributed by atoms with Gasteiger partial charge in [0.05, 0.1) is 25.2 Å². The Hall–Kier alpha value is -9.63. The fourth-order valence-corrected chi connectivity index (χ4v) is 8.06. The zero-order chi connectivity index (χ0) is 65.0. The largest absolute Gasteiger partial charge is 0.508 e. The Morgan fingerprint density at radius 2 is 0.988 bits per heavy atom. The number of nitrogens with zero attached hydrogens (tertiary/aromatic N) is 3. The number of aliphatic imine (C=N–C) groups is 2. The summed E-state index contributed by atoms with van der Waals surface area (Å²) in [6.07, 6.45) is 0.218. The number of aromatic nitrogens is 2. The highest BCUT2D eigenvalue weighted by Gasteiger charge is 2.36. The number of rotatable bonds is 38. The molecule has 34 nitrogen and oxygen atoms in total. The van der Waals surface area contributed by atoms with Crippen molar-refractivity contribution < 1.29 is 72.9 Å². The Kier molecular flexibility index (Phi) is 30.5. The molecule has 25 N–H and O–H groups in total. The van der Waals surface area contributed by atoms with Crippen LogP contribution in [0.15, 0.2) is 46.8 Å². The molecule has 86 heavy (non-hydrogen) atoms. The highest BCUT2D eigenvalue weighted by molar-refractivity contribution is 5.99. The summed E-state index contributed by atoms with van der Waals surface area (Å²) in [6, 6.07) is -8.88. The topological polar surface area (TPSA) is 583 Å². The van der Waals surface area contributed by atoms with Crippen molar-refractivity contribution in [1.82, 2.24) is 57.8 Å². The lowest BCUT2D eigenvalue weighted by molar-refractivity contribution is -0.143. The predicted octanol–water partition coefficient (Wildman–Crippen LogP) is -6.13. The van der Waals surface area contributed by atoms with Crippen LogP contribution in [-0.4, -0.2) is 182 Å². The molecule has 10 amide bonds. The van der Waals surface area contributed by atoms with Crippen molar-refractivity contribution in [3.8, 4) is 5.75 Å². The minimum absolute atomic E-state index is 0.00500. The standard InChI is InChI=1S/C52H83N19O15/c1-24(2)17-34(46(81)65-32(9-7-15-60-51(55)56)44(79)64-26(5)41(76)63-27(6)42(77)70-37(50(85)86)20-38(54)73)67-48(83)36(21-39(74)75)68-45(80)33(10-8-16-61-52(57)58)66-47(82)35(19-29-22-59-23-62-29)69-49(84)40(25(3)4)71-43(78)31(53)18-28-11-13-30(72)14-12-28/h11-14,22-27,31-37,40,72H,7-10,15-21,53H2,1-6H3,(H2,54,73)(H,59,62)(H,63,76)(H,64,79)(H,65,81)(H,66,82)(H,67,83)(H,68,80)(H,69,84)(H,70,77)(H,71,78)(H,74,75)(H,85,86)(H4,55,56,60)(H4,57,58,61)/t26-,27-,31-,32-,33-,34-,35-,36-,37-,40-/m0/s1. The lowest BCUT2D eigenvalue weighted by Crippen LogP contribution is -2.61. The van der Waals surface area contributed by atoms with Crippen LogP contribution in [0.25, 0.3) is 0 Å². The number of phenols is 1. The molecule has 0 saturated heterocycles. The fraction of sp³-hybridized carbons (Fsp3) is 0.558. The van der Waals surface area contributed by atoms with E-state index in [4.69, 9.17) is 34.4 Å². The fourth-order valence-electron chi connectivity index (χ4n) is 8.06. The summed E-state index contributed by atoms with van der Waals surface area (Å²) >= 11 is 0. The molecule has 0 spiro atoms. The van der Waals surface area contributed by atoms with Gasteiger partial charge >= 0.3 is 11.9 Å². The summed E-state index contributed by atoms with van der Waals surface area (Å²) in [5.41, 5.74) is 34.2. The zero-order valence-electron chi connectivity index (χ0n) is 48.7. The smallest absolute Gasteiger partial charge is 0.326 e. The number of hydrogen-bond donors (Lipinski definition) is 19. The van der Waals surface area contributed by atoms with E-state index in [0.717, 1.165) is 0 Å². The van der Waals surface area contributed by atoms with E-state index < -0.39 is 150 Å². The Balaban J connectivity index is 2.44. The first kappa shape index (κ1) is 72.5. The monoisotopic (exact) mass is 1210 g/mol. The number of phenolic OH excluding ortho intramolecular Hbond substituents is 1. The van der Waals surface area contributed by atoms with Gasteiger partial charge in [-0.15, -0.1) is 0 Å². The maximum absolute atomic E-state index is 14.4. The minimum Gasteiger partial charge on any atom is -0.508 e. The second-order valence-electron chi connectivity index (χ2n) is 20.9. The Morgan fingerprint density at radius 3 is 1.47 bits per heavy atom. The van der Waals surface area contributed by atoms with Gasteiger partial charge < -0.3 is 103 Å². The van der Waals surface area contributed by atoms with E-state index in [1.807, 2.05) is 0 Å². The number of amides is 10. The summed E-state index contributed by atoms with van der Waals surface area (Å²) in [4.78, 5) is 174. The molecule has 0 aliphatic rings. The van der Waals surface area contributed by atoms with Crippen molar-refractivity contribution in [2.24, 2.45) is 56.2 Å². The predicted molar refractivity (Wildman–Crippen MR) is 309 cm³/mol. The van der Waals surface area contributed by atoms with Crippen molar-refractivity contribution >= 4 is 82.9 Å². The molecule has 0 bridgehead atoms. The summed E-state index contributed by atoms with van der Waals surface area (Å²) in [5.74, 6) is -14.3. The lowest BCUT2D eigenvalue weighted by atomic mass is 10.00. The quantitative estimate of drug-likeness (QED) is 0.0169. The maximum atomic E-state index is 14.4. The van der Waals surface area contributed by atoms with Crippen molar-refractivity contribution in [2.45, 2.75) is 160 Å². The number of benzene rings is 1. The second-order valence-corrected chi connectivity index (χ2v) is 20.9. The Bertz CT molecular complexity index is 2720. The van der Waals surface area contributed by atoms with Crippen LogP contribution in [0, 0.1) is 11.8 Å². The van der Waals surface area contributed by atoms with Gasteiger partial charge in [-0.05, 0) is 81.9 Å². The molecule has 2 aromatic rings. The molecule has 0 unspecified atom stereocenters. The number of aromatic amines is 1. The third-order valence-electron chi connectivity index (χ3n) is 12.6.